The molecule has 1 aromatic rings. The Balaban J connectivity index is 3.20. The van der Waals surface area contributed by atoms with Crippen molar-refractivity contribution >= 4 is 27.9 Å². The van der Waals surface area contributed by atoms with Gasteiger partial charge in [-0.3, -0.25) is 14.9 Å². The number of carbonyl (C=O) groups excluding carboxylic acids is 1. The summed E-state index contributed by atoms with van der Waals surface area (Å²) in [4.78, 5) is 23.4. The second-order valence-electron chi connectivity index (χ2n) is 1.94. The van der Waals surface area contributed by atoms with Gasteiger partial charge in [-0.15, -0.1) is 0 Å². The van der Waals surface area contributed by atoms with Crippen LogP contribution < -0.4 is 0 Å². The van der Waals surface area contributed by atoms with Crippen LogP contribution in [0.2, 0.25) is 0 Å². The van der Waals surface area contributed by atoms with Gasteiger partial charge in [0.05, 0.1) is 9.40 Å². The van der Waals surface area contributed by atoms with Crippen LogP contribution in [0.1, 0.15) is 10.5 Å². The zero-order valence-electron chi connectivity index (χ0n) is 5.73. The van der Waals surface area contributed by atoms with Gasteiger partial charge in [-0.1, -0.05) is 0 Å². The van der Waals surface area contributed by atoms with Crippen LogP contribution in [0.3, 0.4) is 0 Å². The number of rotatable bonds is 2. The van der Waals surface area contributed by atoms with Crippen molar-refractivity contribution in [2.45, 2.75) is 0 Å². The molecule has 0 saturated carbocycles. The van der Waals surface area contributed by atoms with E-state index < -0.39 is 4.92 Å². The molecule has 0 saturated heterocycles. The summed E-state index contributed by atoms with van der Waals surface area (Å²) in [6.45, 7) is 0. The minimum absolute atomic E-state index is 0.152. The summed E-state index contributed by atoms with van der Waals surface area (Å²) in [5, 5.41) is 10.3. The minimum Gasteiger partial charge on any atom is -0.296 e. The van der Waals surface area contributed by atoms with Crippen LogP contribution in [0.5, 0.6) is 0 Å². The smallest absolute Gasteiger partial charge is 0.296 e. The highest BCUT2D eigenvalue weighted by atomic mass is 79.9. The molecule has 0 fully saturated rings. The zero-order valence-corrected chi connectivity index (χ0v) is 7.32. The predicted molar refractivity (Wildman–Crippen MR) is 44.0 cm³/mol. The summed E-state index contributed by atoms with van der Waals surface area (Å²) < 4.78 is 0.254. The number of hydrogen-bond donors (Lipinski definition) is 0. The lowest BCUT2D eigenvalue weighted by atomic mass is 10.3. The lowest BCUT2D eigenvalue weighted by Crippen LogP contribution is -1.93. The summed E-state index contributed by atoms with van der Waals surface area (Å²) in [7, 11) is 0. The molecule has 1 rings (SSSR count). The number of hydrogen-bond acceptors (Lipinski definition) is 4. The minimum atomic E-state index is -0.578. The first-order valence-corrected chi connectivity index (χ1v) is 3.69. The number of aldehydes is 1. The van der Waals surface area contributed by atoms with E-state index in [0.717, 1.165) is 6.20 Å². The molecule has 62 valence electrons. The molecule has 1 aromatic heterocycles. The van der Waals surface area contributed by atoms with Gasteiger partial charge in [-0.25, -0.2) is 4.98 Å². The lowest BCUT2D eigenvalue weighted by molar-refractivity contribution is -0.386. The van der Waals surface area contributed by atoms with E-state index in [1.165, 1.54) is 6.07 Å². The summed E-state index contributed by atoms with van der Waals surface area (Å²) in [5.41, 5.74) is 0.00748. The molecule has 5 nitrogen and oxygen atoms in total. The maximum atomic E-state index is 10.3. The van der Waals surface area contributed by atoms with Crippen molar-refractivity contribution in [3.05, 3.63) is 32.5 Å². The van der Waals surface area contributed by atoms with E-state index >= 15 is 0 Å². The van der Waals surface area contributed by atoms with Gasteiger partial charge >= 0.3 is 5.69 Å². The van der Waals surface area contributed by atoms with Crippen LogP contribution >= 0.6 is 15.9 Å². The number of pyridine rings is 1. The highest BCUT2D eigenvalue weighted by Gasteiger charge is 2.11. The third-order valence-corrected chi connectivity index (χ3v) is 1.81. The molecule has 0 aliphatic carbocycles. The van der Waals surface area contributed by atoms with Crippen molar-refractivity contribution in [2.24, 2.45) is 0 Å². The van der Waals surface area contributed by atoms with Gasteiger partial charge in [-0.2, -0.15) is 0 Å². The molecule has 12 heavy (non-hydrogen) atoms. The summed E-state index contributed by atoms with van der Waals surface area (Å²) in [5.74, 6) is 0. The summed E-state index contributed by atoms with van der Waals surface area (Å²) in [6, 6.07) is 1.30. The number of nitrogens with zero attached hydrogens (tertiary/aromatic N) is 2. The maximum Gasteiger partial charge on any atom is 0.301 e. The van der Waals surface area contributed by atoms with E-state index in [1.54, 1.807) is 0 Å². The Morgan fingerprint density at radius 1 is 1.67 bits per heavy atom. The lowest BCUT2D eigenvalue weighted by Gasteiger charge is -1.93. The fraction of sp³-hybridized carbons (Fsp3) is 0. The SMILES string of the molecule is O=Cc1cc(Br)c([N+](=O)[O-])cn1. The van der Waals surface area contributed by atoms with Gasteiger partial charge < -0.3 is 0 Å². The third-order valence-electron chi connectivity index (χ3n) is 1.17. The van der Waals surface area contributed by atoms with Crippen molar-refractivity contribution in [3.63, 3.8) is 0 Å². The van der Waals surface area contributed by atoms with Crippen molar-refractivity contribution in [3.8, 4) is 0 Å². The molecule has 0 bridgehead atoms. The molecule has 0 aliphatic rings. The first-order valence-electron chi connectivity index (χ1n) is 2.90. The van der Waals surface area contributed by atoms with Crippen LogP contribution in [0, 0.1) is 10.1 Å². The average molecular weight is 231 g/mol. The molecule has 6 heteroatoms. The normalized spacial score (nSPS) is 9.42. The van der Waals surface area contributed by atoms with Crippen molar-refractivity contribution in [1.82, 2.24) is 4.98 Å². The first kappa shape index (κ1) is 8.79. The van der Waals surface area contributed by atoms with Gasteiger partial charge in [-0.05, 0) is 22.0 Å². The second kappa shape index (κ2) is 3.40. The summed E-state index contributed by atoms with van der Waals surface area (Å²) in [6.07, 6.45) is 1.56. The topological polar surface area (TPSA) is 73.1 Å². The Morgan fingerprint density at radius 3 is 2.75 bits per heavy atom. The predicted octanol–water partition coefficient (Wildman–Crippen LogP) is 1.56. The quantitative estimate of drug-likeness (QED) is 0.439. The van der Waals surface area contributed by atoms with Gasteiger partial charge in [0, 0.05) is 0 Å². The Kier molecular flexibility index (Phi) is 2.49. The van der Waals surface area contributed by atoms with Crippen LogP contribution in [-0.2, 0) is 0 Å². The highest BCUT2D eigenvalue weighted by molar-refractivity contribution is 9.10. The van der Waals surface area contributed by atoms with Gasteiger partial charge in [0.15, 0.2) is 6.29 Å². The number of nitro groups is 1. The molecule has 0 aromatic carbocycles. The Labute approximate surface area is 75.7 Å². The molecule has 0 amide bonds. The molecule has 0 spiro atoms. The van der Waals surface area contributed by atoms with Crippen LogP contribution in [0.15, 0.2) is 16.7 Å². The number of halogens is 1. The third kappa shape index (κ3) is 1.65. The molecule has 0 radical (unpaired) electrons. The molecule has 0 atom stereocenters. The van der Waals surface area contributed by atoms with E-state index in [0.29, 0.717) is 6.29 Å². The van der Waals surface area contributed by atoms with Crippen molar-refractivity contribution < 1.29 is 9.72 Å². The molecular formula is C6H3BrN2O3. The molecular weight excluding hydrogens is 228 g/mol. The molecule has 0 N–H and O–H groups in total. The Morgan fingerprint density at radius 2 is 2.33 bits per heavy atom. The van der Waals surface area contributed by atoms with Gasteiger partial charge in [0.2, 0.25) is 0 Å². The fourth-order valence-corrected chi connectivity index (χ4v) is 1.12. The Bertz CT molecular complexity index is 340. The van der Waals surface area contributed by atoms with E-state index in [4.69, 9.17) is 0 Å². The van der Waals surface area contributed by atoms with Gasteiger partial charge in [0.25, 0.3) is 0 Å². The fourth-order valence-electron chi connectivity index (χ4n) is 0.637. The van der Waals surface area contributed by atoms with Crippen molar-refractivity contribution in [1.29, 1.82) is 0 Å². The molecule has 1 heterocycles. The average Bonchev–Trinajstić information content (AvgIpc) is 2.03. The van der Waals surface area contributed by atoms with Crippen molar-refractivity contribution in [2.75, 3.05) is 0 Å². The molecule has 0 aliphatic heterocycles. The first-order chi connectivity index (χ1) is 5.65. The standard InChI is InChI=1S/C6H3BrN2O3/c7-5-1-4(3-10)8-2-6(5)9(11)12/h1-3H. The van der Waals surface area contributed by atoms with Crippen LogP contribution in [0.25, 0.3) is 0 Å². The molecule has 0 unspecified atom stereocenters. The zero-order chi connectivity index (χ0) is 9.14. The monoisotopic (exact) mass is 230 g/mol. The Hall–Kier alpha value is -1.30. The maximum absolute atomic E-state index is 10.3. The summed E-state index contributed by atoms with van der Waals surface area (Å²) >= 11 is 2.95. The number of aromatic nitrogens is 1. The van der Waals surface area contributed by atoms with Crippen LogP contribution in [0.4, 0.5) is 5.69 Å². The van der Waals surface area contributed by atoms with Gasteiger partial charge in [0.1, 0.15) is 11.9 Å². The van der Waals surface area contributed by atoms with E-state index in [1.807, 2.05) is 0 Å². The van der Waals surface area contributed by atoms with E-state index in [-0.39, 0.29) is 15.9 Å². The largest absolute Gasteiger partial charge is 0.301 e. The highest BCUT2D eigenvalue weighted by Crippen LogP contribution is 2.23. The van der Waals surface area contributed by atoms with Crippen LogP contribution in [-0.4, -0.2) is 16.2 Å². The number of carbonyl (C=O) groups is 1. The van der Waals surface area contributed by atoms with E-state index in [9.17, 15) is 14.9 Å². The second-order valence-corrected chi connectivity index (χ2v) is 2.79. The van der Waals surface area contributed by atoms with E-state index in [2.05, 4.69) is 20.9 Å².